The number of carbonyl (C=O) groups excluding carboxylic acids is 2. The van der Waals surface area contributed by atoms with E-state index in [1.54, 1.807) is 23.1 Å². The van der Waals surface area contributed by atoms with Gasteiger partial charge in [-0.25, -0.2) is 9.18 Å². The van der Waals surface area contributed by atoms with Gasteiger partial charge in [0.25, 0.3) is 5.91 Å². The molecule has 2 aliphatic rings. The van der Waals surface area contributed by atoms with Crippen molar-refractivity contribution in [2.45, 2.75) is 24.9 Å². The lowest BCUT2D eigenvalue weighted by molar-refractivity contribution is -0.132. The van der Waals surface area contributed by atoms with Gasteiger partial charge in [-0.15, -0.1) is 0 Å². The molecule has 146 valence electrons. The van der Waals surface area contributed by atoms with Crippen LogP contribution in [0.25, 0.3) is 11.3 Å². The zero-order valence-electron chi connectivity index (χ0n) is 15.2. The van der Waals surface area contributed by atoms with E-state index in [0.29, 0.717) is 43.7 Å². The Kier molecular flexibility index (Phi) is 4.58. The van der Waals surface area contributed by atoms with Crippen molar-refractivity contribution in [3.63, 3.8) is 0 Å². The average molecular weight is 387 g/mol. The van der Waals surface area contributed by atoms with E-state index in [1.165, 1.54) is 19.2 Å². The molecule has 1 amide bonds. The number of benzene rings is 1. The molecule has 1 saturated heterocycles. The maximum atomic E-state index is 13.0. The lowest BCUT2D eigenvalue weighted by Crippen LogP contribution is -2.47. The van der Waals surface area contributed by atoms with Crippen LogP contribution >= 0.6 is 0 Å². The Labute approximate surface area is 159 Å². The standard InChI is InChI=1S/C19H18FN3O5/c1-26-18(25)15-11-19(28-22-15)6-8-23(9-7-19)17(24)14-10-16(27-21-14)12-2-4-13(20)5-3-12/h2-5,10H,6-9,11H2,1H3. The fourth-order valence-corrected chi connectivity index (χ4v) is 3.42. The second-order valence-electron chi connectivity index (χ2n) is 6.86. The summed E-state index contributed by atoms with van der Waals surface area (Å²) in [4.78, 5) is 31.5. The molecular formula is C19H18FN3O5. The zero-order valence-corrected chi connectivity index (χ0v) is 15.2. The van der Waals surface area contributed by atoms with E-state index < -0.39 is 11.6 Å². The van der Waals surface area contributed by atoms with Crippen molar-refractivity contribution in [2.75, 3.05) is 20.2 Å². The highest BCUT2D eigenvalue weighted by Crippen LogP contribution is 2.35. The number of likely N-dealkylation sites (tertiary alicyclic amines) is 1. The molecule has 9 heteroatoms. The van der Waals surface area contributed by atoms with Crippen molar-refractivity contribution in [3.05, 3.63) is 41.8 Å². The van der Waals surface area contributed by atoms with E-state index in [1.807, 2.05) is 0 Å². The number of carbonyl (C=O) groups is 2. The van der Waals surface area contributed by atoms with Crippen molar-refractivity contribution in [3.8, 4) is 11.3 Å². The number of hydrogen-bond acceptors (Lipinski definition) is 7. The average Bonchev–Trinajstić information content (AvgIpc) is 3.36. The van der Waals surface area contributed by atoms with Crippen LogP contribution in [0, 0.1) is 5.82 Å². The summed E-state index contributed by atoms with van der Waals surface area (Å²) in [5.41, 5.74) is 0.526. The molecule has 1 aromatic carbocycles. The quantitative estimate of drug-likeness (QED) is 0.751. The topological polar surface area (TPSA) is 94.2 Å². The second kappa shape index (κ2) is 7.06. The number of oxime groups is 1. The Morgan fingerprint density at radius 1 is 1.21 bits per heavy atom. The van der Waals surface area contributed by atoms with E-state index in [9.17, 15) is 14.0 Å². The Morgan fingerprint density at radius 2 is 1.93 bits per heavy atom. The Bertz CT molecular complexity index is 929. The van der Waals surface area contributed by atoms with Gasteiger partial charge in [0.1, 0.15) is 11.4 Å². The summed E-state index contributed by atoms with van der Waals surface area (Å²) in [6.07, 6.45) is 1.47. The second-order valence-corrected chi connectivity index (χ2v) is 6.86. The molecule has 0 N–H and O–H groups in total. The Hall–Kier alpha value is -3.23. The molecule has 0 unspecified atom stereocenters. The first-order chi connectivity index (χ1) is 13.5. The van der Waals surface area contributed by atoms with Crippen LogP contribution in [-0.4, -0.2) is 53.4 Å². The molecule has 0 radical (unpaired) electrons. The van der Waals surface area contributed by atoms with Crippen molar-refractivity contribution in [1.29, 1.82) is 0 Å². The van der Waals surface area contributed by atoms with Crippen molar-refractivity contribution in [1.82, 2.24) is 10.1 Å². The van der Waals surface area contributed by atoms with Gasteiger partial charge in [-0.05, 0) is 24.3 Å². The number of nitrogens with zero attached hydrogens (tertiary/aromatic N) is 3. The largest absolute Gasteiger partial charge is 0.464 e. The number of piperidine rings is 1. The van der Waals surface area contributed by atoms with E-state index >= 15 is 0 Å². The molecule has 4 rings (SSSR count). The number of amides is 1. The van der Waals surface area contributed by atoms with Crippen molar-refractivity contribution >= 4 is 17.6 Å². The van der Waals surface area contributed by atoms with Gasteiger partial charge in [-0.1, -0.05) is 10.3 Å². The molecule has 0 atom stereocenters. The lowest BCUT2D eigenvalue weighted by atomic mass is 9.87. The molecule has 3 heterocycles. The first-order valence-electron chi connectivity index (χ1n) is 8.85. The fraction of sp³-hybridized carbons (Fsp3) is 0.368. The maximum Gasteiger partial charge on any atom is 0.355 e. The van der Waals surface area contributed by atoms with E-state index in [4.69, 9.17) is 9.36 Å². The lowest BCUT2D eigenvalue weighted by Gasteiger charge is -2.36. The van der Waals surface area contributed by atoms with Crippen LogP contribution in [0.2, 0.25) is 0 Å². The van der Waals surface area contributed by atoms with E-state index in [0.717, 1.165) is 0 Å². The summed E-state index contributed by atoms with van der Waals surface area (Å²) in [5.74, 6) is -0.701. The number of ether oxygens (including phenoxy) is 1. The number of rotatable bonds is 3. The van der Waals surface area contributed by atoms with Gasteiger partial charge < -0.3 is 19.0 Å². The third-order valence-electron chi connectivity index (χ3n) is 5.08. The molecule has 1 fully saturated rings. The molecule has 1 aromatic heterocycles. The van der Waals surface area contributed by atoms with Crippen LogP contribution in [-0.2, 0) is 14.4 Å². The maximum absolute atomic E-state index is 13.0. The summed E-state index contributed by atoms with van der Waals surface area (Å²) in [6.45, 7) is 0.892. The van der Waals surface area contributed by atoms with Gasteiger partial charge in [0, 0.05) is 44.0 Å². The monoisotopic (exact) mass is 387 g/mol. The van der Waals surface area contributed by atoms with Crippen LogP contribution in [0.15, 0.2) is 40.0 Å². The predicted octanol–water partition coefficient (Wildman–Crippen LogP) is 2.40. The Morgan fingerprint density at radius 3 is 2.61 bits per heavy atom. The highest BCUT2D eigenvalue weighted by molar-refractivity contribution is 6.36. The molecule has 2 aliphatic heterocycles. The zero-order chi connectivity index (χ0) is 19.7. The minimum Gasteiger partial charge on any atom is -0.464 e. The highest BCUT2D eigenvalue weighted by Gasteiger charge is 2.45. The van der Waals surface area contributed by atoms with Gasteiger partial charge in [0.05, 0.1) is 7.11 Å². The molecule has 0 aliphatic carbocycles. The Balaban J connectivity index is 1.39. The number of halogens is 1. The third-order valence-corrected chi connectivity index (χ3v) is 5.08. The van der Waals surface area contributed by atoms with Gasteiger partial charge >= 0.3 is 5.97 Å². The minimum absolute atomic E-state index is 0.189. The summed E-state index contributed by atoms with van der Waals surface area (Å²) < 4.78 is 23.0. The summed E-state index contributed by atoms with van der Waals surface area (Å²) in [6, 6.07) is 7.30. The number of methoxy groups -OCH3 is 1. The molecule has 0 saturated carbocycles. The van der Waals surface area contributed by atoms with Gasteiger partial charge in [-0.3, -0.25) is 4.79 Å². The molecule has 8 nitrogen and oxygen atoms in total. The number of hydrogen-bond donors (Lipinski definition) is 0. The molecule has 0 bridgehead atoms. The van der Waals surface area contributed by atoms with Crippen LogP contribution in [0.4, 0.5) is 4.39 Å². The van der Waals surface area contributed by atoms with Crippen LogP contribution in [0.3, 0.4) is 0 Å². The molecular weight excluding hydrogens is 369 g/mol. The molecule has 2 aromatic rings. The smallest absolute Gasteiger partial charge is 0.355 e. The van der Waals surface area contributed by atoms with Crippen molar-refractivity contribution < 1.29 is 28.1 Å². The normalized spacial score (nSPS) is 17.9. The van der Waals surface area contributed by atoms with Gasteiger partial charge in [-0.2, -0.15) is 0 Å². The van der Waals surface area contributed by atoms with E-state index in [-0.39, 0.29) is 23.1 Å². The third kappa shape index (κ3) is 3.35. The van der Waals surface area contributed by atoms with Crippen LogP contribution < -0.4 is 0 Å². The predicted molar refractivity (Wildman–Crippen MR) is 94.9 cm³/mol. The first kappa shape index (κ1) is 18.1. The van der Waals surface area contributed by atoms with Crippen LogP contribution in [0.1, 0.15) is 29.8 Å². The molecule has 28 heavy (non-hydrogen) atoms. The minimum atomic E-state index is -0.566. The van der Waals surface area contributed by atoms with Gasteiger partial charge in [0.2, 0.25) is 0 Å². The summed E-state index contributed by atoms with van der Waals surface area (Å²) >= 11 is 0. The molecule has 1 spiro atoms. The number of aromatic nitrogens is 1. The first-order valence-corrected chi connectivity index (χ1v) is 8.85. The van der Waals surface area contributed by atoms with E-state index in [2.05, 4.69) is 15.0 Å². The van der Waals surface area contributed by atoms with Crippen LogP contribution in [0.5, 0.6) is 0 Å². The summed E-state index contributed by atoms with van der Waals surface area (Å²) in [5, 5.41) is 7.69. The summed E-state index contributed by atoms with van der Waals surface area (Å²) in [7, 11) is 1.30. The SMILES string of the molecule is COC(=O)C1=NOC2(CCN(C(=O)c3cc(-c4ccc(F)cc4)on3)CC2)C1. The fourth-order valence-electron chi connectivity index (χ4n) is 3.42. The number of esters is 1. The highest BCUT2D eigenvalue weighted by atomic mass is 19.1. The van der Waals surface area contributed by atoms with Gasteiger partial charge in [0.15, 0.2) is 17.2 Å². The van der Waals surface area contributed by atoms with Crippen molar-refractivity contribution in [2.24, 2.45) is 5.16 Å².